The van der Waals surface area contributed by atoms with Gasteiger partial charge in [-0.1, -0.05) is 43.3 Å². The lowest BCUT2D eigenvalue weighted by Gasteiger charge is -2.30. The highest BCUT2D eigenvalue weighted by Gasteiger charge is 2.41. The summed E-state index contributed by atoms with van der Waals surface area (Å²) in [6.45, 7) is 5.91. The van der Waals surface area contributed by atoms with Gasteiger partial charge in [-0.15, -0.1) is 0 Å². The number of nitrogens with zero attached hydrogens (tertiary/aromatic N) is 2. The Morgan fingerprint density at radius 2 is 1.76 bits per heavy atom. The van der Waals surface area contributed by atoms with E-state index in [0.29, 0.717) is 6.54 Å². The average molecular weight is 472 g/mol. The van der Waals surface area contributed by atoms with Crippen LogP contribution in [0.4, 0.5) is 0 Å². The monoisotopic (exact) mass is 471 g/mol. The fourth-order valence-electron chi connectivity index (χ4n) is 3.74. The Labute approximate surface area is 194 Å². The summed E-state index contributed by atoms with van der Waals surface area (Å²) in [6, 6.07) is 12.8. The molecule has 0 saturated carbocycles. The summed E-state index contributed by atoms with van der Waals surface area (Å²) in [7, 11) is -4.00. The van der Waals surface area contributed by atoms with Crippen molar-refractivity contribution >= 4 is 27.7 Å². The number of rotatable bonds is 9. The molecule has 1 aliphatic heterocycles. The van der Waals surface area contributed by atoms with Crippen molar-refractivity contribution in [1.82, 2.24) is 14.5 Å². The maximum absolute atomic E-state index is 13.2. The van der Waals surface area contributed by atoms with Crippen molar-refractivity contribution in [1.29, 1.82) is 0 Å². The topological polar surface area (TPSA) is 104 Å². The molecule has 0 saturated heterocycles. The second kappa shape index (κ2) is 10.2. The number of hydrogen-bond donors (Lipinski definition) is 1. The van der Waals surface area contributed by atoms with Crippen LogP contribution in [0.5, 0.6) is 0 Å². The summed E-state index contributed by atoms with van der Waals surface area (Å²) < 4.78 is 26.3. The quantitative estimate of drug-likeness (QED) is 0.605. The molecule has 0 aromatic heterocycles. The summed E-state index contributed by atoms with van der Waals surface area (Å²) in [5, 5.41) is 2.80. The molecule has 8 nitrogen and oxygen atoms in total. The van der Waals surface area contributed by atoms with E-state index in [1.807, 2.05) is 38.1 Å². The smallest absolute Gasteiger partial charge is 0.269 e. The summed E-state index contributed by atoms with van der Waals surface area (Å²) in [5.41, 5.74) is 1.97. The Bertz CT molecular complexity index is 1160. The highest BCUT2D eigenvalue weighted by molar-refractivity contribution is 7.90. The molecular formula is C24H29N3O5S. The van der Waals surface area contributed by atoms with Crippen LogP contribution in [0.3, 0.4) is 0 Å². The van der Waals surface area contributed by atoms with Gasteiger partial charge in [0.2, 0.25) is 11.8 Å². The molecule has 0 aliphatic carbocycles. The first-order valence-electron chi connectivity index (χ1n) is 11.0. The first-order chi connectivity index (χ1) is 15.7. The van der Waals surface area contributed by atoms with E-state index < -0.39 is 27.9 Å². The summed E-state index contributed by atoms with van der Waals surface area (Å²) in [5.74, 6) is -1.33. The molecule has 9 heteroatoms. The molecule has 2 aromatic rings. The van der Waals surface area contributed by atoms with E-state index in [1.54, 1.807) is 19.1 Å². The summed E-state index contributed by atoms with van der Waals surface area (Å²) >= 11 is 0. The maximum Gasteiger partial charge on any atom is 0.269 e. The molecular weight excluding hydrogens is 442 g/mol. The van der Waals surface area contributed by atoms with E-state index in [2.05, 4.69) is 5.32 Å². The van der Waals surface area contributed by atoms with Crippen LogP contribution in [0.1, 0.15) is 48.2 Å². The lowest BCUT2D eigenvalue weighted by atomic mass is 10.1. The van der Waals surface area contributed by atoms with Gasteiger partial charge in [-0.05, 0) is 43.5 Å². The number of fused-ring (bicyclic) bond motifs is 1. The molecule has 1 heterocycles. The van der Waals surface area contributed by atoms with Crippen LogP contribution in [-0.4, -0.2) is 54.5 Å². The van der Waals surface area contributed by atoms with E-state index in [-0.39, 0.29) is 35.9 Å². The van der Waals surface area contributed by atoms with Crippen molar-refractivity contribution in [3.8, 4) is 0 Å². The Morgan fingerprint density at radius 3 is 2.42 bits per heavy atom. The summed E-state index contributed by atoms with van der Waals surface area (Å²) in [4.78, 5) is 39.9. The van der Waals surface area contributed by atoms with Gasteiger partial charge in [0.15, 0.2) is 0 Å². The second-order valence-corrected chi connectivity index (χ2v) is 9.87. The van der Waals surface area contributed by atoms with Crippen molar-refractivity contribution in [2.24, 2.45) is 0 Å². The van der Waals surface area contributed by atoms with Crippen molar-refractivity contribution in [3.05, 3.63) is 65.2 Å². The molecule has 3 rings (SSSR count). The van der Waals surface area contributed by atoms with E-state index in [1.165, 1.54) is 17.0 Å². The van der Waals surface area contributed by atoms with Crippen LogP contribution < -0.4 is 5.32 Å². The lowest BCUT2D eigenvalue weighted by Crippen LogP contribution is -2.48. The highest BCUT2D eigenvalue weighted by Crippen LogP contribution is 2.30. The first kappa shape index (κ1) is 24.4. The van der Waals surface area contributed by atoms with Gasteiger partial charge in [0.1, 0.15) is 10.9 Å². The number of amides is 3. The number of benzene rings is 2. The third-order valence-electron chi connectivity index (χ3n) is 5.76. The molecule has 2 aromatic carbocycles. The van der Waals surface area contributed by atoms with Gasteiger partial charge in [0.05, 0.1) is 5.56 Å². The first-order valence-corrected chi connectivity index (χ1v) is 12.4. The zero-order chi connectivity index (χ0) is 24.2. The van der Waals surface area contributed by atoms with Gasteiger partial charge in [0, 0.05) is 26.1 Å². The number of carbonyl (C=O) groups is 3. The van der Waals surface area contributed by atoms with Crippen LogP contribution in [-0.2, 0) is 26.2 Å². The number of aryl methyl sites for hydroxylation is 1. The van der Waals surface area contributed by atoms with Crippen molar-refractivity contribution in [2.75, 3.05) is 13.1 Å². The van der Waals surface area contributed by atoms with E-state index in [4.69, 9.17) is 0 Å². The standard InChI is InChI=1S/C24H29N3O5S/c1-4-14-25-23(29)18(3)26(16-19-10-6-5-9-17(19)2)22(28)13-15-27-24(30)20-11-7-8-12-21(20)33(27,31)32/h5-12,18H,4,13-16H2,1-3H3,(H,25,29)/t18-/m0/s1. The minimum absolute atomic E-state index is 0.0495. The Kier molecular flexibility index (Phi) is 7.53. The van der Waals surface area contributed by atoms with Crippen LogP contribution in [0, 0.1) is 6.92 Å². The van der Waals surface area contributed by atoms with E-state index in [9.17, 15) is 22.8 Å². The predicted octanol–water partition coefficient (Wildman–Crippen LogP) is 2.47. The fourth-order valence-corrected chi connectivity index (χ4v) is 5.31. The fraction of sp³-hybridized carbons (Fsp3) is 0.375. The molecule has 1 atom stereocenters. The minimum atomic E-state index is -4.00. The Balaban J connectivity index is 1.79. The third kappa shape index (κ3) is 5.08. The number of nitrogens with one attached hydrogen (secondary N) is 1. The molecule has 0 spiro atoms. The van der Waals surface area contributed by atoms with Crippen molar-refractivity contribution < 1.29 is 22.8 Å². The third-order valence-corrected chi connectivity index (χ3v) is 7.60. The summed E-state index contributed by atoms with van der Waals surface area (Å²) in [6.07, 6.45) is 0.538. The van der Waals surface area contributed by atoms with Crippen molar-refractivity contribution in [2.45, 2.75) is 51.1 Å². The van der Waals surface area contributed by atoms with E-state index >= 15 is 0 Å². The molecule has 3 amide bonds. The number of hydrogen-bond acceptors (Lipinski definition) is 5. The van der Waals surface area contributed by atoms with Gasteiger partial charge in [-0.25, -0.2) is 12.7 Å². The van der Waals surface area contributed by atoms with E-state index in [0.717, 1.165) is 21.9 Å². The van der Waals surface area contributed by atoms with Gasteiger partial charge >= 0.3 is 0 Å². The van der Waals surface area contributed by atoms with Gasteiger partial charge < -0.3 is 10.2 Å². The molecule has 0 fully saturated rings. The lowest BCUT2D eigenvalue weighted by molar-refractivity contribution is -0.140. The zero-order valence-corrected chi connectivity index (χ0v) is 19.9. The van der Waals surface area contributed by atoms with Crippen LogP contribution in [0.25, 0.3) is 0 Å². The number of carbonyl (C=O) groups excluding carboxylic acids is 3. The molecule has 176 valence electrons. The second-order valence-electron chi connectivity index (χ2n) is 8.04. The average Bonchev–Trinajstić information content (AvgIpc) is 3.00. The molecule has 33 heavy (non-hydrogen) atoms. The molecule has 1 N–H and O–H groups in total. The van der Waals surface area contributed by atoms with Crippen LogP contribution in [0.15, 0.2) is 53.4 Å². The van der Waals surface area contributed by atoms with Gasteiger partial charge in [-0.3, -0.25) is 14.4 Å². The molecule has 0 radical (unpaired) electrons. The SMILES string of the molecule is CCCNC(=O)[C@H](C)N(Cc1ccccc1C)C(=O)CCN1C(=O)c2ccccc2S1(=O)=O. The molecule has 1 aliphatic rings. The largest absolute Gasteiger partial charge is 0.354 e. The minimum Gasteiger partial charge on any atom is -0.354 e. The van der Waals surface area contributed by atoms with Crippen LogP contribution >= 0.6 is 0 Å². The normalized spacial score (nSPS) is 15.1. The van der Waals surface area contributed by atoms with Gasteiger partial charge in [-0.2, -0.15) is 0 Å². The van der Waals surface area contributed by atoms with Crippen LogP contribution in [0.2, 0.25) is 0 Å². The molecule has 0 bridgehead atoms. The maximum atomic E-state index is 13.2. The Morgan fingerprint density at radius 1 is 1.09 bits per heavy atom. The zero-order valence-electron chi connectivity index (χ0n) is 19.1. The molecule has 0 unspecified atom stereocenters. The van der Waals surface area contributed by atoms with Crippen molar-refractivity contribution in [3.63, 3.8) is 0 Å². The Hall–Kier alpha value is -3.20. The highest BCUT2D eigenvalue weighted by atomic mass is 32.2. The predicted molar refractivity (Wildman–Crippen MR) is 124 cm³/mol. The number of sulfonamides is 1. The van der Waals surface area contributed by atoms with Gasteiger partial charge in [0.25, 0.3) is 15.9 Å².